The minimum atomic E-state index is -3.77. The molecule has 1 heterocycles. The predicted molar refractivity (Wildman–Crippen MR) is 136 cm³/mol. The van der Waals surface area contributed by atoms with Crippen molar-refractivity contribution in [2.24, 2.45) is 5.92 Å². The maximum atomic E-state index is 13.3. The Labute approximate surface area is 213 Å². The van der Waals surface area contributed by atoms with Gasteiger partial charge in [-0.1, -0.05) is 30.3 Å². The number of hydrogen-bond acceptors (Lipinski definition) is 4. The summed E-state index contributed by atoms with van der Waals surface area (Å²) in [5, 5.41) is 2.72. The van der Waals surface area contributed by atoms with E-state index in [0.717, 1.165) is 17.1 Å². The molecule has 4 aromatic rings. The van der Waals surface area contributed by atoms with Crippen molar-refractivity contribution in [1.29, 1.82) is 0 Å². The Morgan fingerprint density at radius 3 is 2.35 bits per heavy atom. The third kappa shape index (κ3) is 5.86. The number of rotatable bonds is 7. The van der Waals surface area contributed by atoms with Crippen LogP contribution in [0, 0.1) is 17.6 Å². The van der Waals surface area contributed by atoms with Crippen LogP contribution < -0.4 is 10.0 Å². The first-order chi connectivity index (χ1) is 17.8. The summed E-state index contributed by atoms with van der Waals surface area (Å²) < 4.78 is 55.6. The number of hydrogen-bond donors (Lipinski definition) is 3. The first kappa shape index (κ1) is 25.0. The van der Waals surface area contributed by atoms with Crippen molar-refractivity contribution < 1.29 is 22.0 Å². The van der Waals surface area contributed by atoms with Crippen LogP contribution in [0.2, 0.25) is 0 Å². The Morgan fingerprint density at radius 1 is 0.946 bits per heavy atom. The summed E-state index contributed by atoms with van der Waals surface area (Å²) in [4.78, 5) is 20.4. The van der Waals surface area contributed by atoms with Crippen molar-refractivity contribution in [3.05, 3.63) is 83.9 Å². The quantitative estimate of drug-likeness (QED) is 0.327. The molecule has 0 atom stereocenters. The molecule has 1 fully saturated rings. The summed E-state index contributed by atoms with van der Waals surface area (Å²) in [6, 6.07) is 17.2. The van der Waals surface area contributed by atoms with Crippen LogP contribution in [0.4, 0.5) is 8.78 Å². The number of carbonyl (C=O) groups is 1. The molecule has 0 radical (unpaired) electrons. The maximum absolute atomic E-state index is 13.3. The molecule has 0 aliphatic heterocycles. The number of H-pyrrole nitrogens is 1. The SMILES string of the molecule is O=C(NCc1cc(F)cc(F)c1)[C@H]1CC[C@H](NS(=O)(=O)c2ccc3[nH]c(-c4ccccc4)nc3c2)CC1. The number of imidazole rings is 1. The molecule has 1 aliphatic rings. The topological polar surface area (TPSA) is 104 Å². The molecular formula is C27H26F2N4O3S. The van der Waals surface area contributed by atoms with Crippen LogP contribution in [0.25, 0.3) is 22.4 Å². The minimum absolute atomic E-state index is 0.0295. The largest absolute Gasteiger partial charge is 0.352 e. The minimum Gasteiger partial charge on any atom is -0.352 e. The smallest absolute Gasteiger partial charge is 0.240 e. The molecule has 1 saturated carbocycles. The number of amides is 1. The zero-order chi connectivity index (χ0) is 26.0. The van der Waals surface area contributed by atoms with Gasteiger partial charge in [0.1, 0.15) is 17.5 Å². The zero-order valence-corrected chi connectivity index (χ0v) is 20.7. The van der Waals surface area contributed by atoms with Gasteiger partial charge < -0.3 is 10.3 Å². The molecule has 192 valence electrons. The van der Waals surface area contributed by atoms with Gasteiger partial charge >= 0.3 is 0 Å². The van der Waals surface area contributed by atoms with Crippen LogP contribution in [-0.2, 0) is 21.4 Å². The lowest BCUT2D eigenvalue weighted by Crippen LogP contribution is -2.40. The molecule has 3 aromatic carbocycles. The van der Waals surface area contributed by atoms with Crippen LogP contribution in [0.15, 0.2) is 71.6 Å². The molecule has 0 saturated heterocycles. The molecule has 7 nitrogen and oxygen atoms in total. The van der Waals surface area contributed by atoms with Crippen LogP contribution in [-0.4, -0.2) is 30.3 Å². The molecule has 1 aromatic heterocycles. The number of fused-ring (bicyclic) bond motifs is 1. The van der Waals surface area contributed by atoms with E-state index in [0.29, 0.717) is 42.6 Å². The van der Waals surface area contributed by atoms with Gasteiger partial charge in [0.15, 0.2) is 0 Å². The summed E-state index contributed by atoms with van der Waals surface area (Å²) in [6.45, 7) is 0.0295. The van der Waals surface area contributed by atoms with Gasteiger partial charge in [-0.2, -0.15) is 0 Å². The van der Waals surface area contributed by atoms with Crippen molar-refractivity contribution in [2.75, 3.05) is 0 Å². The molecule has 1 aliphatic carbocycles. The molecule has 3 N–H and O–H groups in total. The van der Waals surface area contributed by atoms with Crippen LogP contribution >= 0.6 is 0 Å². The van der Waals surface area contributed by atoms with E-state index < -0.39 is 21.7 Å². The van der Waals surface area contributed by atoms with Crippen molar-refractivity contribution in [3.63, 3.8) is 0 Å². The average Bonchev–Trinajstić information content (AvgIpc) is 3.31. The molecule has 5 rings (SSSR count). The van der Waals surface area contributed by atoms with Crippen molar-refractivity contribution in [1.82, 2.24) is 20.0 Å². The van der Waals surface area contributed by atoms with Crippen molar-refractivity contribution in [3.8, 4) is 11.4 Å². The number of halogens is 2. The zero-order valence-electron chi connectivity index (χ0n) is 19.9. The van der Waals surface area contributed by atoms with Gasteiger partial charge in [-0.3, -0.25) is 4.79 Å². The number of carbonyl (C=O) groups excluding carboxylic acids is 1. The second kappa shape index (κ2) is 10.4. The number of nitrogens with zero attached hydrogens (tertiary/aromatic N) is 1. The Morgan fingerprint density at radius 2 is 1.65 bits per heavy atom. The van der Waals surface area contributed by atoms with Gasteiger partial charge in [-0.15, -0.1) is 0 Å². The third-order valence-electron chi connectivity index (χ3n) is 6.62. The van der Waals surface area contributed by atoms with E-state index in [1.165, 1.54) is 12.1 Å². The highest BCUT2D eigenvalue weighted by atomic mass is 32.2. The second-order valence-corrected chi connectivity index (χ2v) is 11.0. The third-order valence-corrected chi connectivity index (χ3v) is 8.14. The average molecular weight is 525 g/mol. The van der Waals surface area contributed by atoms with Crippen LogP contribution in [0.5, 0.6) is 0 Å². The molecule has 10 heteroatoms. The normalized spacial score (nSPS) is 18.1. The molecule has 0 unspecified atom stereocenters. The summed E-state index contributed by atoms with van der Waals surface area (Å²) in [5.74, 6) is -1.21. The highest BCUT2D eigenvalue weighted by molar-refractivity contribution is 7.89. The van der Waals surface area contributed by atoms with E-state index in [9.17, 15) is 22.0 Å². The fourth-order valence-corrected chi connectivity index (χ4v) is 6.02. The van der Waals surface area contributed by atoms with E-state index in [4.69, 9.17) is 0 Å². The first-order valence-electron chi connectivity index (χ1n) is 12.1. The van der Waals surface area contributed by atoms with Gasteiger partial charge in [-0.25, -0.2) is 26.9 Å². The molecule has 0 bridgehead atoms. The maximum Gasteiger partial charge on any atom is 0.240 e. The Balaban J connectivity index is 1.18. The highest BCUT2D eigenvalue weighted by Crippen LogP contribution is 2.27. The van der Waals surface area contributed by atoms with Crippen molar-refractivity contribution >= 4 is 27.0 Å². The predicted octanol–water partition coefficient (Wildman–Crippen LogP) is 4.66. The summed E-state index contributed by atoms with van der Waals surface area (Å²) in [7, 11) is -3.77. The standard InChI is InChI=1S/C27H26F2N4O3S/c28-20-12-17(13-21(29)14-20)16-30-27(34)19-6-8-22(9-7-19)33-37(35,36)23-10-11-24-25(15-23)32-26(31-24)18-4-2-1-3-5-18/h1-5,10-15,19,22,33H,6-9,16H2,(H,30,34)(H,31,32)/t19-,22-. The lowest BCUT2D eigenvalue weighted by atomic mass is 9.86. The van der Waals surface area contributed by atoms with Crippen molar-refractivity contribution in [2.45, 2.75) is 43.2 Å². The highest BCUT2D eigenvalue weighted by Gasteiger charge is 2.29. The van der Waals surface area contributed by atoms with Gasteiger partial charge in [-0.05, 0) is 61.6 Å². The summed E-state index contributed by atoms with van der Waals surface area (Å²) in [5.41, 5.74) is 2.55. The fraction of sp³-hybridized carbons (Fsp3) is 0.259. The fourth-order valence-electron chi connectivity index (χ4n) is 4.69. The lowest BCUT2D eigenvalue weighted by molar-refractivity contribution is -0.126. The first-order valence-corrected chi connectivity index (χ1v) is 13.6. The number of sulfonamides is 1. The second-order valence-electron chi connectivity index (χ2n) is 9.30. The van der Waals surface area contributed by atoms with Gasteiger partial charge in [0.25, 0.3) is 0 Å². The van der Waals surface area contributed by atoms with Crippen LogP contribution in [0.1, 0.15) is 31.2 Å². The Bertz CT molecular complexity index is 1510. The van der Waals surface area contributed by atoms with E-state index in [1.54, 1.807) is 18.2 Å². The van der Waals surface area contributed by atoms with E-state index >= 15 is 0 Å². The summed E-state index contributed by atoms with van der Waals surface area (Å²) in [6.07, 6.45) is 2.04. The van der Waals surface area contributed by atoms with E-state index in [-0.39, 0.29) is 29.3 Å². The molecular weight excluding hydrogens is 498 g/mol. The Kier molecular flexibility index (Phi) is 7.03. The van der Waals surface area contributed by atoms with E-state index in [1.807, 2.05) is 30.3 Å². The van der Waals surface area contributed by atoms with Crippen LogP contribution in [0.3, 0.4) is 0 Å². The molecule has 0 spiro atoms. The van der Waals surface area contributed by atoms with E-state index in [2.05, 4.69) is 20.0 Å². The van der Waals surface area contributed by atoms with Gasteiger partial charge in [0.05, 0.1) is 15.9 Å². The molecule has 37 heavy (non-hydrogen) atoms. The number of nitrogens with one attached hydrogen (secondary N) is 3. The monoisotopic (exact) mass is 524 g/mol. The lowest BCUT2D eigenvalue weighted by Gasteiger charge is -2.28. The summed E-state index contributed by atoms with van der Waals surface area (Å²) >= 11 is 0. The van der Waals surface area contributed by atoms with Gasteiger partial charge in [0, 0.05) is 30.1 Å². The Hall–Kier alpha value is -3.63. The number of aromatic amines is 1. The number of benzene rings is 3. The number of aromatic nitrogens is 2. The molecule has 1 amide bonds. The van der Waals surface area contributed by atoms with Gasteiger partial charge in [0.2, 0.25) is 15.9 Å².